The van der Waals surface area contributed by atoms with E-state index in [1.54, 1.807) is 0 Å². The van der Waals surface area contributed by atoms with Gasteiger partial charge in [-0.2, -0.15) is 0 Å². The first-order valence-corrected chi connectivity index (χ1v) is 6.91. The summed E-state index contributed by atoms with van der Waals surface area (Å²) < 4.78 is 24.8. The number of fused-ring (bicyclic) bond motifs is 1. The number of rotatable bonds is 1. The number of para-hydroxylation sites is 1. The van der Waals surface area contributed by atoms with E-state index < -0.39 is 10.0 Å². The third-order valence-corrected chi connectivity index (χ3v) is 3.94. The van der Waals surface area contributed by atoms with Crippen LogP contribution in [0.25, 0.3) is 0 Å². The van der Waals surface area contributed by atoms with Crippen molar-refractivity contribution in [2.75, 3.05) is 17.1 Å². The molecule has 1 aromatic rings. The van der Waals surface area contributed by atoms with Crippen LogP contribution in [-0.2, 0) is 16.4 Å². The molecule has 0 saturated heterocycles. The summed E-state index contributed by atoms with van der Waals surface area (Å²) >= 11 is 0. The predicted molar refractivity (Wildman–Crippen MR) is 61.7 cm³/mol. The summed E-state index contributed by atoms with van der Waals surface area (Å²) in [6, 6.07) is 5.96. The lowest BCUT2D eigenvalue weighted by Gasteiger charge is -2.30. The first kappa shape index (κ1) is 10.5. The second-order valence-corrected chi connectivity index (χ2v) is 5.93. The SMILES string of the molecule is Cc1cccc2c1N(S(C)(=O)=O)CCC2. The maximum atomic E-state index is 11.6. The van der Waals surface area contributed by atoms with Gasteiger partial charge in [-0.05, 0) is 30.9 Å². The zero-order valence-corrected chi connectivity index (χ0v) is 9.84. The first-order valence-electron chi connectivity index (χ1n) is 5.06. The summed E-state index contributed by atoms with van der Waals surface area (Å²) in [5.74, 6) is 0. The summed E-state index contributed by atoms with van der Waals surface area (Å²) in [5.41, 5.74) is 3.08. The van der Waals surface area contributed by atoms with Gasteiger partial charge in [0.15, 0.2) is 0 Å². The lowest BCUT2D eigenvalue weighted by Crippen LogP contribution is -2.35. The molecule has 3 nitrogen and oxygen atoms in total. The minimum atomic E-state index is -3.13. The van der Waals surface area contributed by atoms with E-state index in [0.717, 1.165) is 29.7 Å². The normalized spacial score (nSPS) is 16.3. The highest BCUT2D eigenvalue weighted by molar-refractivity contribution is 7.92. The van der Waals surface area contributed by atoms with E-state index in [2.05, 4.69) is 0 Å². The molecule has 4 heteroatoms. The first-order chi connectivity index (χ1) is 7.00. The molecule has 1 heterocycles. The molecular weight excluding hydrogens is 210 g/mol. The van der Waals surface area contributed by atoms with Gasteiger partial charge in [-0.3, -0.25) is 4.31 Å². The van der Waals surface area contributed by atoms with E-state index in [9.17, 15) is 8.42 Å². The second-order valence-electron chi connectivity index (χ2n) is 4.02. The lowest BCUT2D eigenvalue weighted by atomic mass is 10.0. The molecule has 0 spiro atoms. The van der Waals surface area contributed by atoms with Gasteiger partial charge < -0.3 is 0 Å². The van der Waals surface area contributed by atoms with Crippen molar-refractivity contribution in [2.24, 2.45) is 0 Å². The number of anilines is 1. The quantitative estimate of drug-likeness (QED) is 0.729. The fraction of sp³-hybridized carbons (Fsp3) is 0.455. The third kappa shape index (κ3) is 1.86. The van der Waals surface area contributed by atoms with Gasteiger partial charge >= 0.3 is 0 Å². The van der Waals surface area contributed by atoms with Gasteiger partial charge in [-0.25, -0.2) is 8.42 Å². The van der Waals surface area contributed by atoms with E-state index in [1.165, 1.54) is 10.6 Å². The summed E-state index contributed by atoms with van der Waals surface area (Å²) in [6.45, 7) is 2.57. The molecule has 1 aliphatic heterocycles. The number of nitrogens with zero attached hydrogens (tertiary/aromatic N) is 1. The lowest BCUT2D eigenvalue weighted by molar-refractivity contribution is 0.592. The molecule has 0 saturated carbocycles. The van der Waals surface area contributed by atoms with E-state index in [4.69, 9.17) is 0 Å². The standard InChI is InChI=1S/C11H15NO2S/c1-9-5-3-6-10-7-4-8-12(11(9)10)15(2,13)14/h3,5-6H,4,7-8H2,1-2H3. The van der Waals surface area contributed by atoms with Gasteiger partial charge in [0.05, 0.1) is 11.9 Å². The van der Waals surface area contributed by atoms with Gasteiger partial charge in [0, 0.05) is 6.54 Å². The van der Waals surface area contributed by atoms with Crippen LogP contribution in [0.1, 0.15) is 17.5 Å². The van der Waals surface area contributed by atoms with Crippen molar-refractivity contribution in [2.45, 2.75) is 19.8 Å². The molecule has 0 bridgehead atoms. The monoisotopic (exact) mass is 225 g/mol. The molecule has 0 unspecified atom stereocenters. The van der Waals surface area contributed by atoms with E-state index in [0.29, 0.717) is 6.54 Å². The van der Waals surface area contributed by atoms with Crippen molar-refractivity contribution in [1.29, 1.82) is 0 Å². The van der Waals surface area contributed by atoms with Crippen LogP contribution in [0.15, 0.2) is 18.2 Å². The number of hydrogen-bond donors (Lipinski definition) is 0. The number of hydrogen-bond acceptors (Lipinski definition) is 2. The molecule has 0 atom stereocenters. The smallest absolute Gasteiger partial charge is 0.232 e. The van der Waals surface area contributed by atoms with Crippen LogP contribution >= 0.6 is 0 Å². The fourth-order valence-electron chi connectivity index (χ4n) is 2.13. The molecule has 0 aliphatic carbocycles. The average molecular weight is 225 g/mol. The minimum absolute atomic E-state index is 0.608. The van der Waals surface area contributed by atoms with Crippen molar-refractivity contribution < 1.29 is 8.42 Å². The summed E-state index contributed by atoms with van der Waals surface area (Å²) in [6.07, 6.45) is 3.15. The van der Waals surface area contributed by atoms with Crippen LogP contribution in [0.5, 0.6) is 0 Å². The van der Waals surface area contributed by atoms with Crippen LogP contribution in [0, 0.1) is 6.92 Å². The molecule has 1 aliphatic rings. The molecular formula is C11H15NO2S. The second kappa shape index (κ2) is 3.52. The Hall–Kier alpha value is -1.03. The number of aryl methyl sites for hydroxylation is 2. The fourth-order valence-corrected chi connectivity index (χ4v) is 3.19. The molecule has 82 valence electrons. The van der Waals surface area contributed by atoms with Crippen molar-refractivity contribution in [1.82, 2.24) is 0 Å². The van der Waals surface area contributed by atoms with Gasteiger partial charge in [0.2, 0.25) is 10.0 Å². The summed E-state index contributed by atoms with van der Waals surface area (Å²) in [7, 11) is -3.13. The van der Waals surface area contributed by atoms with Crippen molar-refractivity contribution in [3.05, 3.63) is 29.3 Å². The van der Waals surface area contributed by atoms with Crippen LogP contribution < -0.4 is 4.31 Å². The number of sulfonamides is 1. The number of benzene rings is 1. The van der Waals surface area contributed by atoms with Crippen LogP contribution in [0.2, 0.25) is 0 Å². The Kier molecular flexibility index (Phi) is 2.46. The average Bonchev–Trinajstić information content (AvgIpc) is 2.16. The molecule has 1 aromatic carbocycles. The van der Waals surface area contributed by atoms with E-state index in [-0.39, 0.29) is 0 Å². The molecule has 0 fully saturated rings. The Morgan fingerprint density at radius 3 is 2.73 bits per heavy atom. The van der Waals surface area contributed by atoms with Crippen LogP contribution in [0.3, 0.4) is 0 Å². The Bertz CT molecular complexity index is 479. The maximum Gasteiger partial charge on any atom is 0.232 e. The molecule has 0 aromatic heterocycles. The highest BCUT2D eigenvalue weighted by Gasteiger charge is 2.24. The zero-order chi connectivity index (χ0) is 11.1. The topological polar surface area (TPSA) is 37.4 Å². The molecule has 0 amide bonds. The van der Waals surface area contributed by atoms with Gasteiger partial charge in [0.1, 0.15) is 0 Å². The molecule has 0 radical (unpaired) electrons. The van der Waals surface area contributed by atoms with Crippen LogP contribution in [-0.4, -0.2) is 21.2 Å². The molecule has 2 rings (SSSR count). The highest BCUT2D eigenvalue weighted by atomic mass is 32.2. The Labute approximate surface area is 90.8 Å². The van der Waals surface area contributed by atoms with E-state index >= 15 is 0 Å². The van der Waals surface area contributed by atoms with Crippen molar-refractivity contribution in [3.63, 3.8) is 0 Å². The van der Waals surface area contributed by atoms with Crippen molar-refractivity contribution in [3.8, 4) is 0 Å². The van der Waals surface area contributed by atoms with Gasteiger partial charge in [-0.1, -0.05) is 18.2 Å². The highest BCUT2D eigenvalue weighted by Crippen LogP contribution is 2.31. The molecule has 0 N–H and O–H groups in total. The zero-order valence-electron chi connectivity index (χ0n) is 9.03. The summed E-state index contributed by atoms with van der Waals surface area (Å²) in [5, 5.41) is 0. The maximum absolute atomic E-state index is 11.6. The van der Waals surface area contributed by atoms with E-state index in [1.807, 2.05) is 25.1 Å². The van der Waals surface area contributed by atoms with Gasteiger partial charge in [0.25, 0.3) is 0 Å². The Morgan fingerprint density at radius 1 is 1.33 bits per heavy atom. The molecule has 15 heavy (non-hydrogen) atoms. The largest absolute Gasteiger partial charge is 0.270 e. The van der Waals surface area contributed by atoms with Crippen molar-refractivity contribution >= 4 is 15.7 Å². The summed E-state index contributed by atoms with van der Waals surface area (Å²) in [4.78, 5) is 0. The minimum Gasteiger partial charge on any atom is -0.270 e. The Balaban J connectivity index is 2.60. The predicted octanol–water partition coefficient (Wildman–Crippen LogP) is 1.71. The van der Waals surface area contributed by atoms with Gasteiger partial charge in [-0.15, -0.1) is 0 Å². The Morgan fingerprint density at radius 2 is 2.07 bits per heavy atom. The van der Waals surface area contributed by atoms with Crippen LogP contribution in [0.4, 0.5) is 5.69 Å². The third-order valence-electron chi connectivity index (χ3n) is 2.78.